The number of carbonyl (C=O) groups is 1. The monoisotopic (exact) mass is 397 g/mol. The van der Waals surface area contributed by atoms with E-state index in [1.807, 2.05) is 44.2 Å². The summed E-state index contributed by atoms with van der Waals surface area (Å²) in [6.07, 6.45) is 1.60. The molecule has 4 rings (SSSR count). The van der Waals surface area contributed by atoms with E-state index < -0.39 is 0 Å². The largest absolute Gasteiger partial charge is 0.344 e. The van der Waals surface area contributed by atoms with Crippen LogP contribution in [0, 0.1) is 13.8 Å². The third-order valence-corrected chi connectivity index (χ3v) is 5.74. The summed E-state index contributed by atoms with van der Waals surface area (Å²) in [5, 5.41) is 22.4. The summed E-state index contributed by atoms with van der Waals surface area (Å²) in [4.78, 5) is 16.7. The van der Waals surface area contributed by atoms with Gasteiger partial charge in [0.05, 0.1) is 23.4 Å². The molecule has 0 fully saturated rings. The molecule has 3 aromatic heterocycles. The van der Waals surface area contributed by atoms with E-state index in [0.29, 0.717) is 0 Å². The van der Waals surface area contributed by atoms with Gasteiger partial charge in [-0.1, -0.05) is 58.2 Å². The lowest BCUT2D eigenvalue weighted by molar-refractivity contribution is 0.0945. The smallest absolute Gasteiger partial charge is 0.273 e. The molecule has 8 nitrogen and oxygen atoms in total. The number of aryl methyl sites for hydroxylation is 2. The van der Waals surface area contributed by atoms with Crippen molar-refractivity contribution in [2.75, 3.05) is 0 Å². The van der Waals surface area contributed by atoms with Crippen molar-refractivity contribution in [1.82, 2.24) is 35.5 Å². The topological polar surface area (TPSA) is 98.5 Å². The van der Waals surface area contributed by atoms with Crippen LogP contribution in [0.25, 0.3) is 15.6 Å². The number of benzene rings is 1. The molecule has 0 saturated carbocycles. The molecule has 0 radical (unpaired) electrons. The van der Waals surface area contributed by atoms with E-state index in [1.165, 1.54) is 22.7 Å². The van der Waals surface area contributed by atoms with E-state index in [0.717, 1.165) is 31.3 Å². The Hall–Kier alpha value is -2.98. The first-order chi connectivity index (χ1) is 13.1. The maximum absolute atomic E-state index is 12.3. The van der Waals surface area contributed by atoms with E-state index in [1.54, 1.807) is 10.9 Å². The molecule has 3 heterocycles. The fraction of sp³-hybridized carbons (Fsp3) is 0.176. The molecular weight excluding hydrogens is 382 g/mol. The average Bonchev–Trinajstić information content (AvgIpc) is 3.40. The van der Waals surface area contributed by atoms with Gasteiger partial charge in [0, 0.05) is 5.56 Å². The molecule has 136 valence electrons. The van der Waals surface area contributed by atoms with Crippen molar-refractivity contribution in [3.05, 3.63) is 57.9 Å². The predicted molar refractivity (Wildman–Crippen MR) is 103 cm³/mol. The van der Waals surface area contributed by atoms with Gasteiger partial charge in [0.2, 0.25) is 0 Å². The molecule has 0 aliphatic carbocycles. The van der Waals surface area contributed by atoms with Crippen LogP contribution in [0.5, 0.6) is 0 Å². The van der Waals surface area contributed by atoms with E-state index in [4.69, 9.17) is 0 Å². The van der Waals surface area contributed by atoms with Crippen LogP contribution in [0.15, 0.2) is 36.5 Å². The highest BCUT2D eigenvalue weighted by Crippen LogP contribution is 2.23. The van der Waals surface area contributed by atoms with Crippen molar-refractivity contribution in [1.29, 1.82) is 0 Å². The number of aromatic nitrogens is 6. The number of nitrogens with one attached hydrogen (secondary N) is 1. The maximum Gasteiger partial charge on any atom is 0.273 e. The van der Waals surface area contributed by atoms with Crippen molar-refractivity contribution in [3.63, 3.8) is 0 Å². The van der Waals surface area contributed by atoms with E-state index >= 15 is 0 Å². The van der Waals surface area contributed by atoms with Crippen molar-refractivity contribution in [3.8, 4) is 15.6 Å². The number of rotatable bonds is 5. The Kier molecular flexibility index (Phi) is 4.73. The quantitative estimate of drug-likeness (QED) is 0.556. The summed E-state index contributed by atoms with van der Waals surface area (Å²) >= 11 is 2.95. The third-order valence-electron chi connectivity index (χ3n) is 3.70. The molecule has 10 heteroatoms. The number of hydrogen-bond acceptors (Lipinski definition) is 8. The molecule has 0 bridgehead atoms. The van der Waals surface area contributed by atoms with Gasteiger partial charge in [0.15, 0.2) is 5.69 Å². The van der Waals surface area contributed by atoms with Crippen molar-refractivity contribution in [2.24, 2.45) is 0 Å². The fourth-order valence-electron chi connectivity index (χ4n) is 2.47. The van der Waals surface area contributed by atoms with Gasteiger partial charge in [0.25, 0.3) is 5.91 Å². The summed E-state index contributed by atoms with van der Waals surface area (Å²) < 4.78 is 1.58. The second-order valence-electron chi connectivity index (χ2n) is 5.72. The standard InChI is InChI=1S/C17H15N7OS2/c1-10-17(26-11(2)19-10)24-9-13(20-23-24)15(25)18-8-14-21-22-16(27-14)12-6-4-3-5-7-12/h3-7,9H,8H2,1-2H3,(H,18,25). The van der Waals surface area contributed by atoms with Gasteiger partial charge in [0.1, 0.15) is 15.0 Å². The van der Waals surface area contributed by atoms with Gasteiger partial charge in [-0.15, -0.1) is 15.3 Å². The van der Waals surface area contributed by atoms with Crippen LogP contribution in [-0.4, -0.2) is 36.1 Å². The van der Waals surface area contributed by atoms with E-state index in [2.05, 4.69) is 30.8 Å². The van der Waals surface area contributed by atoms with Gasteiger partial charge < -0.3 is 5.32 Å². The zero-order valence-corrected chi connectivity index (χ0v) is 16.2. The second kappa shape index (κ2) is 7.33. The summed E-state index contributed by atoms with van der Waals surface area (Å²) in [7, 11) is 0. The molecule has 1 aromatic carbocycles. The number of amides is 1. The first-order valence-electron chi connectivity index (χ1n) is 8.13. The highest BCUT2D eigenvalue weighted by atomic mass is 32.1. The zero-order valence-electron chi connectivity index (χ0n) is 14.6. The van der Waals surface area contributed by atoms with Gasteiger partial charge >= 0.3 is 0 Å². The highest BCUT2D eigenvalue weighted by molar-refractivity contribution is 7.14. The minimum absolute atomic E-state index is 0.244. The normalized spacial score (nSPS) is 10.9. The molecule has 0 aliphatic rings. The lowest BCUT2D eigenvalue weighted by Crippen LogP contribution is -2.23. The Labute approximate surface area is 162 Å². The van der Waals surface area contributed by atoms with Crippen LogP contribution in [0.1, 0.15) is 26.2 Å². The van der Waals surface area contributed by atoms with Crippen LogP contribution in [-0.2, 0) is 6.54 Å². The van der Waals surface area contributed by atoms with Crippen LogP contribution in [0.3, 0.4) is 0 Å². The first kappa shape index (κ1) is 17.4. The number of carbonyl (C=O) groups excluding carboxylic acids is 1. The summed E-state index contributed by atoms with van der Waals surface area (Å²) in [5.74, 6) is -0.309. The zero-order chi connectivity index (χ0) is 18.8. The molecule has 0 unspecified atom stereocenters. The van der Waals surface area contributed by atoms with Gasteiger partial charge in [-0.05, 0) is 13.8 Å². The van der Waals surface area contributed by atoms with Gasteiger partial charge in [-0.2, -0.15) is 0 Å². The first-order valence-corrected chi connectivity index (χ1v) is 9.76. The maximum atomic E-state index is 12.3. The molecule has 0 spiro atoms. The molecule has 27 heavy (non-hydrogen) atoms. The van der Waals surface area contributed by atoms with E-state index in [-0.39, 0.29) is 18.1 Å². The molecule has 0 atom stereocenters. The number of hydrogen-bond donors (Lipinski definition) is 1. The molecule has 1 N–H and O–H groups in total. The molecule has 0 saturated heterocycles. The Morgan fingerprint density at radius 1 is 1.11 bits per heavy atom. The minimum Gasteiger partial charge on any atom is -0.344 e. The van der Waals surface area contributed by atoms with Gasteiger partial charge in [-0.3, -0.25) is 4.79 Å². The lowest BCUT2D eigenvalue weighted by atomic mass is 10.2. The SMILES string of the molecule is Cc1nc(C)c(-n2cc(C(=O)NCc3nnc(-c4ccccc4)s3)nn2)s1. The second-order valence-corrected chi connectivity index (χ2v) is 7.97. The van der Waals surface area contributed by atoms with Crippen LogP contribution < -0.4 is 5.32 Å². The van der Waals surface area contributed by atoms with Gasteiger partial charge in [-0.25, -0.2) is 9.67 Å². The third kappa shape index (κ3) is 3.76. The summed E-state index contributed by atoms with van der Waals surface area (Å²) in [6.45, 7) is 4.12. The highest BCUT2D eigenvalue weighted by Gasteiger charge is 2.15. The average molecular weight is 397 g/mol. The summed E-state index contributed by atoms with van der Waals surface area (Å²) in [6, 6.07) is 9.81. The lowest BCUT2D eigenvalue weighted by Gasteiger charge is -1.98. The van der Waals surface area contributed by atoms with Crippen LogP contribution in [0.4, 0.5) is 0 Å². The van der Waals surface area contributed by atoms with Crippen molar-refractivity contribution in [2.45, 2.75) is 20.4 Å². The Bertz CT molecular complexity index is 1080. The molecule has 4 aromatic rings. The predicted octanol–water partition coefficient (Wildman–Crippen LogP) is 2.79. The van der Waals surface area contributed by atoms with E-state index in [9.17, 15) is 4.79 Å². The Balaban J connectivity index is 1.42. The van der Waals surface area contributed by atoms with Crippen molar-refractivity contribution < 1.29 is 4.79 Å². The molecule has 0 aliphatic heterocycles. The fourth-order valence-corrected chi connectivity index (χ4v) is 4.09. The minimum atomic E-state index is -0.309. The van der Waals surface area contributed by atoms with Crippen LogP contribution >= 0.6 is 22.7 Å². The Morgan fingerprint density at radius 3 is 2.67 bits per heavy atom. The number of nitrogens with zero attached hydrogens (tertiary/aromatic N) is 6. The molecular formula is C17H15N7OS2. The molecule has 1 amide bonds. The summed E-state index contributed by atoms with van der Waals surface area (Å²) in [5.41, 5.74) is 2.11. The van der Waals surface area contributed by atoms with Crippen molar-refractivity contribution >= 4 is 28.6 Å². The van der Waals surface area contributed by atoms with Crippen LogP contribution in [0.2, 0.25) is 0 Å². The number of thiazole rings is 1. The Morgan fingerprint density at radius 2 is 1.93 bits per heavy atom.